The van der Waals surface area contributed by atoms with Gasteiger partial charge in [0.1, 0.15) is 5.01 Å². The number of fused-ring (bicyclic) bond motifs is 2. The van der Waals surface area contributed by atoms with Gasteiger partial charge >= 0.3 is 0 Å². The number of hydrogen-bond donors (Lipinski definition) is 0. The van der Waals surface area contributed by atoms with Crippen LogP contribution in [0.4, 0.5) is 0 Å². The summed E-state index contributed by atoms with van der Waals surface area (Å²) in [6.45, 7) is 1.06. The Kier molecular flexibility index (Phi) is 4.92. The van der Waals surface area contributed by atoms with Crippen molar-refractivity contribution in [2.75, 3.05) is 19.3 Å². The van der Waals surface area contributed by atoms with Crippen molar-refractivity contribution >= 4 is 26.3 Å². The molecule has 1 fully saturated rings. The molecule has 154 valence electrons. The Balaban J connectivity index is 1.34. The molecule has 3 aromatic rings. The van der Waals surface area contributed by atoms with Crippen LogP contribution in [-0.2, 0) is 29.3 Å². The van der Waals surface area contributed by atoms with E-state index in [1.807, 2.05) is 4.52 Å². The third-order valence-electron chi connectivity index (χ3n) is 6.11. The molecule has 1 saturated heterocycles. The van der Waals surface area contributed by atoms with Gasteiger partial charge in [0.2, 0.25) is 15.0 Å². The van der Waals surface area contributed by atoms with E-state index in [4.69, 9.17) is 5.10 Å². The number of sulfonamides is 1. The summed E-state index contributed by atoms with van der Waals surface area (Å²) in [6, 6.07) is 6.86. The number of hydrogen-bond acceptors (Lipinski definition) is 6. The highest BCUT2D eigenvalue weighted by Gasteiger charge is 2.29. The molecule has 0 unspecified atom stereocenters. The van der Waals surface area contributed by atoms with Crippen molar-refractivity contribution in [2.45, 2.75) is 50.9 Å². The van der Waals surface area contributed by atoms with Crippen molar-refractivity contribution in [1.29, 1.82) is 0 Å². The Morgan fingerprint density at radius 3 is 2.62 bits per heavy atom. The lowest BCUT2D eigenvalue weighted by molar-refractivity contribution is 0.313. The molecule has 0 radical (unpaired) electrons. The third kappa shape index (κ3) is 3.83. The van der Waals surface area contributed by atoms with Gasteiger partial charge in [-0.25, -0.2) is 12.7 Å². The van der Waals surface area contributed by atoms with Crippen LogP contribution in [0.5, 0.6) is 0 Å². The summed E-state index contributed by atoms with van der Waals surface area (Å²) < 4.78 is 26.9. The Morgan fingerprint density at radius 2 is 1.86 bits per heavy atom. The molecule has 1 aliphatic carbocycles. The van der Waals surface area contributed by atoms with Crippen molar-refractivity contribution < 1.29 is 8.42 Å². The van der Waals surface area contributed by atoms with Crippen LogP contribution >= 0.6 is 11.3 Å². The molecular weight excluding hydrogens is 406 g/mol. The fourth-order valence-electron chi connectivity index (χ4n) is 4.51. The van der Waals surface area contributed by atoms with Gasteiger partial charge in [-0.05, 0) is 55.2 Å². The van der Waals surface area contributed by atoms with Crippen molar-refractivity contribution in [3.8, 4) is 0 Å². The topological polar surface area (TPSA) is 80.5 Å². The van der Waals surface area contributed by atoms with Crippen LogP contribution in [0.2, 0.25) is 0 Å². The maximum absolute atomic E-state index is 11.7. The van der Waals surface area contributed by atoms with Gasteiger partial charge in [-0.3, -0.25) is 0 Å². The summed E-state index contributed by atoms with van der Waals surface area (Å²) in [4.78, 5) is 0.818. The number of nitrogens with zero attached hydrogens (tertiary/aromatic N) is 5. The average Bonchev–Trinajstić information content (AvgIpc) is 3.27. The highest BCUT2D eigenvalue weighted by Crippen LogP contribution is 2.30. The minimum atomic E-state index is -3.12. The van der Waals surface area contributed by atoms with Gasteiger partial charge in [0.05, 0.1) is 6.26 Å². The van der Waals surface area contributed by atoms with Crippen LogP contribution in [0, 0.1) is 0 Å². The first-order chi connectivity index (χ1) is 14.0. The molecule has 1 aliphatic heterocycles. The molecule has 0 bridgehead atoms. The van der Waals surface area contributed by atoms with Crippen LogP contribution < -0.4 is 0 Å². The van der Waals surface area contributed by atoms with E-state index in [2.05, 4.69) is 28.4 Å². The van der Waals surface area contributed by atoms with Gasteiger partial charge in [0.25, 0.3) is 0 Å². The van der Waals surface area contributed by atoms with Crippen LogP contribution in [0.3, 0.4) is 0 Å². The number of rotatable bonds is 4. The molecule has 5 rings (SSSR count). The molecule has 0 spiro atoms. The quantitative estimate of drug-likeness (QED) is 0.635. The van der Waals surface area contributed by atoms with Gasteiger partial charge in [-0.1, -0.05) is 29.5 Å². The lowest BCUT2D eigenvalue weighted by Crippen LogP contribution is -2.37. The molecule has 2 aliphatic rings. The maximum atomic E-state index is 11.7. The summed E-state index contributed by atoms with van der Waals surface area (Å²) in [5.74, 6) is 1.06. The number of benzene rings is 1. The monoisotopic (exact) mass is 431 g/mol. The first kappa shape index (κ1) is 19.1. The fourth-order valence-corrected chi connectivity index (χ4v) is 6.26. The SMILES string of the molecule is CS(=O)(=O)N1CCC(c2nnc3sc(Cc4ccc5c(c4)CCCC5)nn23)CC1. The Hall–Kier alpha value is -1.84. The fraction of sp³-hybridized carbons (Fsp3) is 0.550. The molecule has 2 aromatic heterocycles. The normalized spacial score (nSPS) is 18.9. The zero-order valence-electron chi connectivity index (χ0n) is 16.5. The van der Waals surface area contributed by atoms with Gasteiger partial charge in [-0.2, -0.15) is 9.61 Å². The van der Waals surface area contributed by atoms with E-state index in [9.17, 15) is 8.42 Å². The van der Waals surface area contributed by atoms with E-state index in [1.165, 1.54) is 48.6 Å². The molecule has 1 aromatic carbocycles. The summed E-state index contributed by atoms with van der Waals surface area (Å²) in [7, 11) is -3.12. The van der Waals surface area contributed by atoms with E-state index in [0.717, 1.165) is 35.1 Å². The number of piperidine rings is 1. The van der Waals surface area contributed by atoms with Gasteiger partial charge in [-0.15, -0.1) is 10.2 Å². The summed E-state index contributed by atoms with van der Waals surface area (Å²) in [6.07, 6.45) is 8.57. The maximum Gasteiger partial charge on any atom is 0.234 e. The molecule has 0 N–H and O–H groups in total. The van der Waals surface area contributed by atoms with Crippen LogP contribution in [0.1, 0.15) is 59.1 Å². The smallest absolute Gasteiger partial charge is 0.213 e. The van der Waals surface area contributed by atoms with Crippen molar-refractivity contribution in [1.82, 2.24) is 24.1 Å². The predicted octanol–water partition coefficient (Wildman–Crippen LogP) is 2.79. The first-order valence-electron chi connectivity index (χ1n) is 10.2. The molecule has 0 amide bonds. The minimum Gasteiger partial charge on any atom is -0.213 e. The highest BCUT2D eigenvalue weighted by atomic mass is 32.2. The molecule has 3 heterocycles. The molecule has 29 heavy (non-hydrogen) atoms. The van der Waals surface area contributed by atoms with Gasteiger partial charge in [0, 0.05) is 25.4 Å². The minimum absolute atomic E-state index is 0.196. The predicted molar refractivity (Wildman–Crippen MR) is 113 cm³/mol. The van der Waals surface area contributed by atoms with Crippen LogP contribution in [0.15, 0.2) is 18.2 Å². The largest absolute Gasteiger partial charge is 0.234 e. The van der Waals surface area contributed by atoms with Gasteiger partial charge in [0.15, 0.2) is 5.82 Å². The zero-order chi connectivity index (χ0) is 20.0. The van der Waals surface area contributed by atoms with E-state index in [0.29, 0.717) is 13.1 Å². The standard InChI is InChI=1S/C20H25N5O2S2/c1-29(26,27)24-10-8-16(9-11-24)19-21-22-20-25(19)23-18(28-20)13-14-6-7-15-4-2-3-5-17(15)12-14/h6-7,12,16H,2-5,8-11,13H2,1H3. The van der Waals surface area contributed by atoms with E-state index in [-0.39, 0.29) is 5.92 Å². The molecule has 7 nitrogen and oxygen atoms in total. The summed E-state index contributed by atoms with van der Waals surface area (Å²) in [5.41, 5.74) is 4.30. The molecule has 0 atom stereocenters. The Morgan fingerprint density at radius 1 is 1.10 bits per heavy atom. The Bertz CT molecular complexity index is 1140. The van der Waals surface area contributed by atoms with Crippen LogP contribution in [0.25, 0.3) is 4.96 Å². The number of aromatic nitrogens is 4. The molecular formula is C20H25N5O2S2. The molecule has 0 saturated carbocycles. The lowest BCUT2D eigenvalue weighted by Gasteiger charge is -2.28. The van der Waals surface area contributed by atoms with E-state index >= 15 is 0 Å². The van der Waals surface area contributed by atoms with Crippen LogP contribution in [-0.4, -0.2) is 51.9 Å². The lowest BCUT2D eigenvalue weighted by atomic mass is 9.90. The summed E-state index contributed by atoms with van der Waals surface area (Å²) in [5, 5.41) is 14.5. The van der Waals surface area contributed by atoms with Crippen molar-refractivity contribution in [3.05, 3.63) is 45.7 Å². The Labute approximate surface area is 174 Å². The van der Waals surface area contributed by atoms with E-state index in [1.54, 1.807) is 15.6 Å². The second-order valence-corrected chi connectivity index (χ2v) is 11.2. The first-order valence-corrected chi connectivity index (χ1v) is 12.9. The van der Waals surface area contributed by atoms with Gasteiger partial charge < -0.3 is 0 Å². The van der Waals surface area contributed by atoms with Crippen molar-refractivity contribution in [2.24, 2.45) is 0 Å². The highest BCUT2D eigenvalue weighted by molar-refractivity contribution is 7.88. The third-order valence-corrected chi connectivity index (χ3v) is 8.32. The van der Waals surface area contributed by atoms with E-state index < -0.39 is 10.0 Å². The van der Waals surface area contributed by atoms with Crippen molar-refractivity contribution in [3.63, 3.8) is 0 Å². The second kappa shape index (κ2) is 7.45. The zero-order valence-corrected chi connectivity index (χ0v) is 18.2. The number of aryl methyl sites for hydroxylation is 2. The average molecular weight is 432 g/mol. The molecule has 9 heteroatoms. The second-order valence-electron chi connectivity index (χ2n) is 8.17. The summed E-state index contributed by atoms with van der Waals surface area (Å²) >= 11 is 1.59.